The second kappa shape index (κ2) is 7.69. The Balaban J connectivity index is 2.07. The van der Waals surface area contributed by atoms with Crippen LogP contribution in [0.15, 0.2) is 36.4 Å². The number of nitrogens with zero attached hydrogens (tertiary/aromatic N) is 1. The van der Waals surface area contributed by atoms with E-state index in [1.54, 1.807) is 19.2 Å². The minimum atomic E-state index is -0.340. The van der Waals surface area contributed by atoms with Gasteiger partial charge in [-0.25, -0.2) is 0 Å². The molecule has 24 heavy (non-hydrogen) atoms. The average molecular weight is 365 g/mol. The number of aryl methyl sites for hydroxylation is 2. The van der Waals surface area contributed by atoms with Crippen LogP contribution in [0, 0.1) is 13.8 Å². The summed E-state index contributed by atoms with van der Waals surface area (Å²) in [5.41, 5.74) is 3.02. The second-order valence-corrected chi connectivity index (χ2v) is 6.44. The number of hydrogen-bond acceptors (Lipinski definition) is 2. The summed E-state index contributed by atoms with van der Waals surface area (Å²) in [6.45, 7) is 3.77. The number of rotatable bonds is 4. The maximum atomic E-state index is 12.4. The van der Waals surface area contributed by atoms with Gasteiger partial charge in [-0.15, -0.1) is 0 Å². The quantitative estimate of drug-likeness (QED) is 0.877. The Kier molecular flexibility index (Phi) is 5.86. The van der Waals surface area contributed by atoms with E-state index < -0.39 is 0 Å². The van der Waals surface area contributed by atoms with E-state index in [1.165, 1.54) is 11.0 Å². The van der Waals surface area contributed by atoms with E-state index in [4.69, 9.17) is 23.2 Å². The Hall–Kier alpha value is -2.04. The first-order valence-electron chi connectivity index (χ1n) is 7.36. The summed E-state index contributed by atoms with van der Waals surface area (Å²) in [4.78, 5) is 26.0. The number of carbonyl (C=O) groups is 2. The highest BCUT2D eigenvalue weighted by atomic mass is 35.5. The van der Waals surface area contributed by atoms with Gasteiger partial charge in [0.15, 0.2) is 0 Å². The molecule has 2 aromatic carbocycles. The first-order valence-corrected chi connectivity index (χ1v) is 8.11. The number of hydrogen-bond donors (Lipinski definition) is 1. The molecule has 0 bridgehead atoms. The zero-order chi connectivity index (χ0) is 17.9. The van der Waals surface area contributed by atoms with Gasteiger partial charge in [0.2, 0.25) is 5.91 Å². The Labute approximate surface area is 151 Å². The maximum Gasteiger partial charge on any atom is 0.255 e. The first-order chi connectivity index (χ1) is 11.3. The van der Waals surface area contributed by atoms with E-state index in [1.807, 2.05) is 32.0 Å². The standard InChI is InChI=1S/C18H18Cl2N2O2/c1-11-5-4-6-12(2)17(11)21-16(23)10-22(3)18(24)14-8-7-13(19)9-15(14)20/h4-9H,10H2,1-3H3,(H,21,23). The van der Waals surface area contributed by atoms with Crippen molar-refractivity contribution < 1.29 is 9.59 Å². The van der Waals surface area contributed by atoms with Gasteiger partial charge in [0.1, 0.15) is 0 Å². The third-order valence-corrected chi connectivity index (χ3v) is 4.18. The van der Waals surface area contributed by atoms with E-state index in [9.17, 15) is 9.59 Å². The SMILES string of the molecule is Cc1cccc(C)c1NC(=O)CN(C)C(=O)c1ccc(Cl)cc1Cl. The first kappa shape index (κ1) is 18.3. The highest BCUT2D eigenvalue weighted by molar-refractivity contribution is 6.36. The van der Waals surface area contributed by atoms with E-state index in [-0.39, 0.29) is 23.4 Å². The number of likely N-dealkylation sites (N-methyl/N-ethyl adjacent to an activating group) is 1. The van der Waals surface area contributed by atoms with Crippen molar-refractivity contribution in [1.82, 2.24) is 4.90 Å². The molecule has 2 aromatic rings. The van der Waals surface area contributed by atoms with E-state index in [0.717, 1.165) is 16.8 Å². The highest BCUT2D eigenvalue weighted by Crippen LogP contribution is 2.22. The maximum absolute atomic E-state index is 12.4. The van der Waals surface area contributed by atoms with Gasteiger partial charge < -0.3 is 10.2 Å². The van der Waals surface area contributed by atoms with Crippen LogP contribution in [-0.4, -0.2) is 30.3 Å². The molecule has 1 N–H and O–H groups in total. The van der Waals surface area contributed by atoms with Crippen molar-refractivity contribution in [3.8, 4) is 0 Å². The molecule has 0 aromatic heterocycles. The van der Waals surface area contributed by atoms with Crippen LogP contribution in [0.5, 0.6) is 0 Å². The van der Waals surface area contributed by atoms with E-state index in [0.29, 0.717) is 10.6 Å². The predicted octanol–water partition coefficient (Wildman–Crippen LogP) is 4.32. The number of halogens is 2. The molecule has 0 heterocycles. The summed E-state index contributed by atoms with van der Waals surface area (Å²) < 4.78 is 0. The van der Waals surface area contributed by atoms with Crippen LogP contribution >= 0.6 is 23.2 Å². The molecule has 0 atom stereocenters. The Morgan fingerprint density at radius 1 is 1.08 bits per heavy atom. The zero-order valence-corrected chi connectivity index (χ0v) is 15.2. The number of amides is 2. The van der Waals surface area contributed by atoms with Crippen molar-refractivity contribution in [2.45, 2.75) is 13.8 Å². The zero-order valence-electron chi connectivity index (χ0n) is 13.7. The Morgan fingerprint density at radius 3 is 2.29 bits per heavy atom. The number of para-hydroxylation sites is 1. The molecule has 4 nitrogen and oxygen atoms in total. The third-order valence-electron chi connectivity index (χ3n) is 3.63. The molecule has 0 saturated heterocycles. The van der Waals surface area contributed by atoms with Crippen molar-refractivity contribution in [2.75, 3.05) is 18.9 Å². The van der Waals surface area contributed by atoms with Gasteiger partial charge in [-0.1, -0.05) is 41.4 Å². The molecule has 0 saturated carbocycles. The Morgan fingerprint density at radius 2 is 1.71 bits per heavy atom. The summed E-state index contributed by atoms with van der Waals surface area (Å²) in [5.74, 6) is -0.610. The average Bonchev–Trinajstić information content (AvgIpc) is 2.50. The minimum Gasteiger partial charge on any atom is -0.332 e. The molecule has 0 aliphatic carbocycles. The van der Waals surface area contributed by atoms with Gasteiger partial charge in [-0.05, 0) is 43.2 Å². The highest BCUT2D eigenvalue weighted by Gasteiger charge is 2.18. The van der Waals surface area contributed by atoms with Crippen LogP contribution in [0.2, 0.25) is 10.0 Å². The molecule has 0 spiro atoms. The summed E-state index contributed by atoms with van der Waals surface area (Å²) in [7, 11) is 1.55. The molecule has 0 aliphatic heterocycles. The van der Waals surface area contributed by atoms with Gasteiger partial charge in [-0.2, -0.15) is 0 Å². The fourth-order valence-electron chi connectivity index (χ4n) is 2.35. The molecule has 126 valence electrons. The van der Waals surface area contributed by atoms with Gasteiger partial charge in [0.25, 0.3) is 5.91 Å². The molecule has 0 unspecified atom stereocenters. The monoisotopic (exact) mass is 364 g/mol. The minimum absolute atomic E-state index is 0.0778. The van der Waals surface area contributed by atoms with Gasteiger partial charge >= 0.3 is 0 Å². The predicted molar refractivity (Wildman–Crippen MR) is 98.0 cm³/mol. The van der Waals surface area contributed by atoms with Crippen molar-refractivity contribution in [1.29, 1.82) is 0 Å². The van der Waals surface area contributed by atoms with E-state index in [2.05, 4.69) is 5.32 Å². The lowest BCUT2D eigenvalue weighted by atomic mass is 10.1. The third kappa shape index (κ3) is 4.28. The molecule has 6 heteroatoms. The summed E-state index contributed by atoms with van der Waals surface area (Å²) >= 11 is 11.9. The molecule has 0 aliphatic rings. The summed E-state index contributed by atoms with van der Waals surface area (Å²) in [6.07, 6.45) is 0. The van der Waals surface area contributed by atoms with Crippen LogP contribution < -0.4 is 5.32 Å². The lowest BCUT2D eigenvalue weighted by Gasteiger charge is -2.18. The number of anilines is 1. The van der Waals surface area contributed by atoms with Gasteiger partial charge in [-0.3, -0.25) is 9.59 Å². The second-order valence-electron chi connectivity index (χ2n) is 5.60. The number of carbonyl (C=O) groups excluding carboxylic acids is 2. The largest absolute Gasteiger partial charge is 0.332 e. The smallest absolute Gasteiger partial charge is 0.255 e. The molecule has 0 fully saturated rings. The molecule has 2 rings (SSSR count). The molecule has 0 radical (unpaired) electrons. The number of nitrogens with one attached hydrogen (secondary N) is 1. The topological polar surface area (TPSA) is 49.4 Å². The molecular weight excluding hydrogens is 347 g/mol. The molecule has 2 amide bonds. The van der Waals surface area contributed by atoms with E-state index >= 15 is 0 Å². The number of benzene rings is 2. The van der Waals surface area contributed by atoms with Gasteiger partial charge in [0, 0.05) is 17.8 Å². The lowest BCUT2D eigenvalue weighted by Crippen LogP contribution is -2.35. The van der Waals surface area contributed by atoms with Crippen LogP contribution in [0.4, 0.5) is 5.69 Å². The lowest BCUT2D eigenvalue weighted by molar-refractivity contribution is -0.116. The van der Waals surface area contributed by atoms with Crippen molar-refractivity contribution in [3.63, 3.8) is 0 Å². The summed E-state index contributed by atoms with van der Waals surface area (Å²) in [5, 5.41) is 3.56. The Bertz CT molecular complexity index is 770. The normalized spacial score (nSPS) is 10.4. The van der Waals surface area contributed by atoms with Crippen LogP contribution in [0.25, 0.3) is 0 Å². The van der Waals surface area contributed by atoms with Crippen molar-refractivity contribution in [2.24, 2.45) is 0 Å². The van der Waals surface area contributed by atoms with Crippen LogP contribution in [-0.2, 0) is 4.79 Å². The van der Waals surface area contributed by atoms with Crippen LogP contribution in [0.1, 0.15) is 21.5 Å². The fourth-order valence-corrected chi connectivity index (χ4v) is 2.84. The molecular formula is C18H18Cl2N2O2. The summed E-state index contributed by atoms with van der Waals surface area (Å²) in [6, 6.07) is 10.4. The van der Waals surface area contributed by atoms with Crippen molar-refractivity contribution >= 4 is 40.7 Å². The van der Waals surface area contributed by atoms with Crippen LogP contribution in [0.3, 0.4) is 0 Å². The van der Waals surface area contributed by atoms with Gasteiger partial charge in [0.05, 0.1) is 17.1 Å². The van der Waals surface area contributed by atoms with Crippen molar-refractivity contribution in [3.05, 3.63) is 63.1 Å². The fraction of sp³-hybridized carbons (Fsp3) is 0.222.